The molecular formula is C8H8O6-2. The highest BCUT2D eigenvalue weighted by Crippen LogP contribution is 2.10. The maximum Gasteiger partial charge on any atom is 0.162 e. The van der Waals surface area contributed by atoms with E-state index in [2.05, 4.69) is 9.47 Å². The van der Waals surface area contributed by atoms with Crippen molar-refractivity contribution in [2.75, 3.05) is 14.2 Å². The lowest BCUT2D eigenvalue weighted by molar-refractivity contribution is -0.299. The number of aliphatic carboxylic acids is 2. The van der Waals surface area contributed by atoms with E-state index in [-0.39, 0.29) is 11.5 Å². The normalized spacial score (nSPS) is 12.1. The predicted octanol–water partition coefficient (Wildman–Crippen LogP) is -2.45. The molecule has 0 aliphatic rings. The Hall–Kier alpha value is -1.98. The third-order valence-electron chi connectivity index (χ3n) is 1.18. The molecule has 0 saturated heterocycles. The third kappa shape index (κ3) is 4.15. The van der Waals surface area contributed by atoms with E-state index in [1.165, 1.54) is 0 Å². The van der Waals surface area contributed by atoms with E-state index in [1.807, 2.05) is 0 Å². The first-order chi connectivity index (χ1) is 6.51. The monoisotopic (exact) mass is 200 g/mol. The summed E-state index contributed by atoms with van der Waals surface area (Å²) in [7, 11) is 2.33. The highest BCUT2D eigenvalue weighted by atomic mass is 16.5. The average Bonchev–Trinajstić information content (AvgIpc) is 2.10. The highest BCUT2D eigenvalue weighted by Gasteiger charge is 2.04. The highest BCUT2D eigenvalue weighted by molar-refractivity contribution is 5.82. The molecule has 6 heteroatoms. The lowest BCUT2D eigenvalue weighted by atomic mass is 10.3. The molecule has 0 amide bonds. The van der Waals surface area contributed by atoms with E-state index < -0.39 is 11.9 Å². The van der Waals surface area contributed by atoms with Crippen molar-refractivity contribution in [3.05, 3.63) is 23.7 Å². The second-order valence-corrected chi connectivity index (χ2v) is 2.06. The van der Waals surface area contributed by atoms with Crippen LogP contribution in [0.15, 0.2) is 23.7 Å². The topological polar surface area (TPSA) is 98.7 Å². The number of carboxylic acid groups (broad SMARTS) is 2. The van der Waals surface area contributed by atoms with Gasteiger partial charge in [0.1, 0.15) is 0 Å². The molecule has 0 saturated carbocycles. The van der Waals surface area contributed by atoms with Gasteiger partial charge in [-0.25, -0.2) is 0 Å². The number of rotatable bonds is 5. The summed E-state index contributed by atoms with van der Waals surface area (Å²) < 4.78 is 9.14. The van der Waals surface area contributed by atoms with Gasteiger partial charge in [-0.1, -0.05) is 0 Å². The van der Waals surface area contributed by atoms with Gasteiger partial charge in [0.15, 0.2) is 11.5 Å². The van der Waals surface area contributed by atoms with E-state index in [0.29, 0.717) is 12.2 Å². The molecule has 0 aliphatic heterocycles. The summed E-state index contributed by atoms with van der Waals surface area (Å²) in [6, 6.07) is 0. The number of hydrogen-bond acceptors (Lipinski definition) is 6. The Morgan fingerprint density at radius 2 is 1.21 bits per heavy atom. The largest absolute Gasteiger partial charge is 0.545 e. The first kappa shape index (κ1) is 12.0. The molecule has 0 aromatic heterocycles. The van der Waals surface area contributed by atoms with Crippen molar-refractivity contribution < 1.29 is 29.3 Å². The standard InChI is InChI=1S/C8H10O6/c1-13-5(3-7(9)10)6(14-2)4-8(11)12/h3-4H,1-2H3,(H,9,10)(H,11,12)/p-2/b5-3-,6-4-. The van der Waals surface area contributed by atoms with Crippen molar-refractivity contribution in [3.8, 4) is 0 Å². The first-order valence-corrected chi connectivity index (χ1v) is 3.45. The molecule has 0 aromatic rings. The summed E-state index contributed by atoms with van der Waals surface area (Å²) in [4.78, 5) is 20.3. The molecule has 0 spiro atoms. The summed E-state index contributed by atoms with van der Waals surface area (Å²) >= 11 is 0. The Morgan fingerprint density at radius 1 is 0.929 bits per heavy atom. The zero-order chi connectivity index (χ0) is 11.1. The molecule has 0 rings (SSSR count). The fourth-order valence-corrected chi connectivity index (χ4v) is 0.675. The Labute approximate surface area is 80.1 Å². The summed E-state index contributed by atoms with van der Waals surface area (Å²) in [5.41, 5.74) is 0. The summed E-state index contributed by atoms with van der Waals surface area (Å²) in [5.74, 6) is -3.58. The number of carbonyl (C=O) groups is 2. The Balaban J connectivity index is 4.98. The molecule has 14 heavy (non-hydrogen) atoms. The van der Waals surface area contributed by atoms with Crippen molar-refractivity contribution in [1.29, 1.82) is 0 Å². The van der Waals surface area contributed by atoms with Gasteiger partial charge in [0.2, 0.25) is 0 Å². The van der Waals surface area contributed by atoms with Gasteiger partial charge in [-0.05, 0) is 0 Å². The van der Waals surface area contributed by atoms with Crippen LogP contribution in [0, 0.1) is 0 Å². The Kier molecular flexibility index (Phi) is 4.83. The molecule has 78 valence electrons. The van der Waals surface area contributed by atoms with Gasteiger partial charge in [0.25, 0.3) is 0 Å². The molecule has 0 fully saturated rings. The van der Waals surface area contributed by atoms with E-state index in [1.54, 1.807) is 0 Å². The fraction of sp³-hybridized carbons (Fsp3) is 0.250. The van der Waals surface area contributed by atoms with Gasteiger partial charge < -0.3 is 29.3 Å². The molecule has 0 unspecified atom stereocenters. The van der Waals surface area contributed by atoms with Gasteiger partial charge in [0, 0.05) is 12.2 Å². The number of carbonyl (C=O) groups excluding carboxylic acids is 2. The van der Waals surface area contributed by atoms with Gasteiger partial charge in [-0.3, -0.25) is 0 Å². The van der Waals surface area contributed by atoms with Crippen LogP contribution in [-0.4, -0.2) is 26.2 Å². The lowest BCUT2D eigenvalue weighted by Crippen LogP contribution is -2.22. The second kappa shape index (κ2) is 5.63. The predicted molar refractivity (Wildman–Crippen MR) is 40.2 cm³/mol. The van der Waals surface area contributed by atoms with Crippen LogP contribution in [0.1, 0.15) is 0 Å². The summed E-state index contributed by atoms with van der Waals surface area (Å²) in [6.07, 6.45) is 1.14. The molecule has 0 aliphatic carbocycles. The quantitative estimate of drug-likeness (QED) is 0.277. The second-order valence-electron chi connectivity index (χ2n) is 2.06. The van der Waals surface area contributed by atoms with Crippen LogP contribution >= 0.6 is 0 Å². The molecule has 0 aromatic carbocycles. The van der Waals surface area contributed by atoms with Crippen molar-refractivity contribution in [2.45, 2.75) is 0 Å². The Bertz CT molecular complexity index is 258. The average molecular weight is 200 g/mol. The maximum atomic E-state index is 10.2. The number of hydrogen-bond donors (Lipinski definition) is 0. The summed E-state index contributed by atoms with van der Waals surface area (Å²) in [6.45, 7) is 0. The van der Waals surface area contributed by atoms with E-state index in [0.717, 1.165) is 14.2 Å². The van der Waals surface area contributed by atoms with Crippen LogP contribution in [0.2, 0.25) is 0 Å². The minimum Gasteiger partial charge on any atom is -0.545 e. The molecule has 0 atom stereocenters. The number of carboxylic acids is 2. The van der Waals surface area contributed by atoms with Crippen LogP contribution < -0.4 is 10.2 Å². The lowest BCUT2D eigenvalue weighted by Gasteiger charge is -2.10. The molecule has 0 radical (unpaired) electrons. The maximum absolute atomic E-state index is 10.2. The zero-order valence-corrected chi connectivity index (χ0v) is 7.60. The number of ether oxygens (including phenoxy) is 2. The fourth-order valence-electron chi connectivity index (χ4n) is 0.675. The number of methoxy groups -OCH3 is 2. The van der Waals surface area contributed by atoms with E-state index in [9.17, 15) is 19.8 Å². The Morgan fingerprint density at radius 3 is 1.36 bits per heavy atom. The van der Waals surface area contributed by atoms with E-state index in [4.69, 9.17) is 0 Å². The van der Waals surface area contributed by atoms with Crippen molar-refractivity contribution >= 4 is 11.9 Å². The van der Waals surface area contributed by atoms with Gasteiger partial charge >= 0.3 is 0 Å². The van der Waals surface area contributed by atoms with Crippen LogP contribution in [-0.2, 0) is 19.1 Å². The zero-order valence-electron chi connectivity index (χ0n) is 7.60. The van der Waals surface area contributed by atoms with Gasteiger partial charge in [0.05, 0.1) is 26.2 Å². The SMILES string of the molecule is COC(=C\C(=O)[O-])/C(=C/C(=O)[O-])OC. The minimum atomic E-state index is -1.52. The van der Waals surface area contributed by atoms with Crippen LogP contribution in [0.25, 0.3) is 0 Å². The van der Waals surface area contributed by atoms with Crippen molar-refractivity contribution in [2.24, 2.45) is 0 Å². The molecule has 0 bridgehead atoms. The summed E-state index contributed by atoms with van der Waals surface area (Å²) in [5, 5.41) is 20.3. The van der Waals surface area contributed by atoms with E-state index >= 15 is 0 Å². The first-order valence-electron chi connectivity index (χ1n) is 3.45. The molecule has 0 heterocycles. The molecular weight excluding hydrogens is 192 g/mol. The molecule has 6 nitrogen and oxygen atoms in total. The smallest absolute Gasteiger partial charge is 0.162 e. The van der Waals surface area contributed by atoms with Crippen molar-refractivity contribution in [1.82, 2.24) is 0 Å². The molecule has 0 N–H and O–H groups in total. The van der Waals surface area contributed by atoms with Crippen molar-refractivity contribution in [3.63, 3.8) is 0 Å². The minimum absolute atomic E-state index is 0.267. The van der Waals surface area contributed by atoms with Gasteiger partial charge in [-0.15, -0.1) is 0 Å². The third-order valence-corrected chi connectivity index (χ3v) is 1.18. The van der Waals surface area contributed by atoms with Crippen LogP contribution in [0.4, 0.5) is 0 Å². The van der Waals surface area contributed by atoms with Crippen LogP contribution in [0.5, 0.6) is 0 Å². The van der Waals surface area contributed by atoms with Gasteiger partial charge in [-0.2, -0.15) is 0 Å². The van der Waals surface area contributed by atoms with Crippen LogP contribution in [0.3, 0.4) is 0 Å².